The Kier molecular flexibility index (Phi) is 7.92. The van der Waals surface area contributed by atoms with Gasteiger partial charge < -0.3 is 10.1 Å². The Bertz CT molecular complexity index is 1300. The molecule has 188 valence electrons. The maximum atomic E-state index is 12.6. The van der Waals surface area contributed by atoms with E-state index in [1.807, 2.05) is 54.6 Å². The maximum absolute atomic E-state index is 12.6. The zero-order chi connectivity index (χ0) is 25.5. The minimum atomic E-state index is -0.0996. The highest BCUT2D eigenvalue weighted by atomic mass is 16.5. The number of nitrogens with zero attached hydrogens (tertiary/aromatic N) is 2. The van der Waals surface area contributed by atoms with Crippen molar-refractivity contribution in [1.82, 2.24) is 15.2 Å². The SMILES string of the molecule is Cc1ccccc1CN1CCC(Oc2ccc(CNC(=O)c3ccc(-c4ccccc4)cc3)cn2)CC1. The zero-order valence-electron chi connectivity index (χ0n) is 21.3. The monoisotopic (exact) mass is 491 g/mol. The third-order valence-electron chi connectivity index (χ3n) is 6.98. The van der Waals surface area contributed by atoms with Crippen molar-refractivity contribution in [2.75, 3.05) is 13.1 Å². The molecule has 0 saturated carbocycles. The number of nitrogens with one attached hydrogen (secondary N) is 1. The summed E-state index contributed by atoms with van der Waals surface area (Å²) in [5.74, 6) is 0.543. The zero-order valence-corrected chi connectivity index (χ0v) is 21.3. The molecule has 1 fully saturated rings. The molecule has 0 bridgehead atoms. The summed E-state index contributed by atoms with van der Waals surface area (Å²) in [6.07, 6.45) is 3.95. The summed E-state index contributed by atoms with van der Waals surface area (Å²) in [5, 5.41) is 2.98. The number of carbonyl (C=O) groups excluding carboxylic acids is 1. The number of pyridine rings is 1. The van der Waals surface area contributed by atoms with E-state index in [-0.39, 0.29) is 12.0 Å². The highest BCUT2D eigenvalue weighted by molar-refractivity contribution is 5.94. The van der Waals surface area contributed by atoms with Gasteiger partial charge in [0.25, 0.3) is 5.91 Å². The lowest BCUT2D eigenvalue weighted by Gasteiger charge is -2.32. The van der Waals surface area contributed by atoms with Crippen LogP contribution in [0.3, 0.4) is 0 Å². The van der Waals surface area contributed by atoms with Crippen LogP contribution >= 0.6 is 0 Å². The van der Waals surface area contributed by atoms with E-state index in [1.54, 1.807) is 6.20 Å². The number of hydrogen-bond donors (Lipinski definition) is 1. The summed E-state index contributed by atoms with van der Waals surface area (Å²) in [6.45, 7) is 5.64. The lowest BCUT2D eigenvalue weighted by atomic mass is 10.0. The van der Waals surface area contributed by atoms with Gasteiger partial charge in [0, 0.05) is 44.0 Å². The predicted octanol–water partition coefficient (Wildman–Crippen LogP) is 6.03. The number of carbonyl (C=O) groups is 1. The molecule has 2 heterocycles. The summed E-state index contributed by atoms with van der Waals surface area (Å²) in [7, 11) is 0. The van der Waals surface area contributed by atoms with E-state index in [4.69, 9.17) is 4.74 Å². The van der Waals surface area contributed by atoms with E-state index in [1.165, 1.54) is 11.1 Å². The van der Waals surface area contributed by atoms with Gasteiger partial charge in [0.15, 0.2) is 0 Å². The molecule has 4 aromatic rings. The number of hydrogen-bond acceptors (Lipinski definition) is 4. The Morgan fingerprint density at radius 2 is 1.59 bits per heavy atom. The molecule has 0 unspecified atom stereocenters. The van der Waals surface area contributed by atoms with Gasteiger partial charge in [-0.1, -0.05) is 72.8 Å². The van der Waals surface area contributed by atoms with E-state index in [0.29, 0.717) is 18.0 Å². The molecule has 0 atom stereocenters. The van der Waals surface area contributed by atoms with Gasteiger partial charge >= 0.3 is 0 Å². The first-order chi connectivity index (χ1) is 18.1. The molecular formula is C32H33N3O2. The predicted molar refractivity (Wildman–Crippen MR) is 147 cm³/mol. The van der Waals surface area contributed by atoms with Gasteiger partial charge in [0.1, 0.15) is 6.10 Å². The third-order valence-corrected chi connectivity index (χ3v) is 6.98. The van der Waals surface area contributed by atoms with Gasteiger partial charge in [-0.2, -0.15) is 0 Å². The van der Waals surface area contributed by atoms with Crippen LogP contribution in [0.15, 0.2) is 97.2 Å². The van der Waals surface area contributed by atoms with Crippen LogP contribution in [-0.2, 0) is 13.1 Å². The van der Waals surface area contributed by atoms with Crippen LogP contribution in [0.4, 0.5) is 0 Å². The Hall–Kier alpha value is -3.96. The van der Waals surface area contributed by atoms with Crippen LogP contribution < -0.4 is 10.1 Å². The summed E-state index contributed by atoms with van der Waals surface area (Å²) in [6, 6.07) is 30.3. The molecule has 1 aliphatic rings. The van der Waals surface area contributed by atoms with Crippen molar-refractivity contribution in [1.29, 1.82) is 0 Å². The lowest BCUT2D eigenvalue weighted by molar-refractivity contribution is 0.0931. The van der Waals surface area contributed by atoms with E-state index in [2.05, 4.69) is 58.5 Å². The maximum Gasteiger partial charge on any atom is 0.251 e. The molecule has 5 nitrogen and oxygen atoms in total. The molecule has 1 N–H and O–H groups in total. The van der Waals surface area contributed by atoms with E-state index in [0.717, 1.165) is 49.2 Å². The second-order valence-electron chi connectivity index (χ2n) is 9.65. The smallest absolute Gasteiger partial charge is 0.251 e. The van der Waals surface area contributed by atoms with Crippen molar-refractivity contribution in [2.45, 2.75) is 39.0 Å². The summed E-state index contributed by atoms with van der Waals surface area (Å²) in [5.41, 5.74) is 6.55. The number of aromatic nitrogens is 1. The molecule has 0 spiro atoms. The van der Waals surface area contributed by atoms with Crippen molar-refractivity contribution in [3.8, 4) is 17.0 Å². The summed E-state index contributed by atoms with van der Waals surface area (Å²) >= 11 is 0. The van der Waals surface area contributed by atoms with Crippen LogP contribution in [-0.4, -0.2) is 35.0 Å². The summed E-state index contributed by atoms with van der Waals surface area (Å²) in [4.78, 5) is 19.6. The molecule has 37 heavy (non-hydrogen) atoms. The van der Waals surface area contributed by atoms with Crippen molar-refractivity contribution < 1.29 is 9.53 Å². The lowest BCUT2D eigenvalue weighted by Crippen LogP contribution is -2.38. The number of piperidine rings is 1. The highest BCUT2D eigenvalue weighted by Gasteiger charge is 2.21. The molecule has 1 aromatic heterocycles. The minimum Gasteiger partial charge on any atom is -0.474 e. The van der Waals surface area contributed by atoms with E-state index < -0.39 is 0 Å². The number of rotatable bonds is 8. The molecule has 5 heteroatoms. The van der Waals surface area contributed by atoms with Crippen molar-refractivity contribution >= 4 is 5.91 Å². The average molecular weight is 492 g/mol. The van der Waals surface area contributed by atoms with Crippen LogP contribution in [0, 0.1) is 6.92 Å². The number of ether oxygens (including phenoxy) is 1. The number of likely N-dealkylation sites (tertiary alicyclic amines) is 1. The molecule has 3 aromatic carbocycles. The fourth-order valence-corrected chi connectivity index (χ4v) is 4.70. The van der Waals surface area contributed by atoms with Crippen molar-refractivity contribution in [2.24, 2.45) is 0 Å². The fourth-order valence-electron chi connectivity index (χ4n) is 4.70. The third kappa shape index (κ3) is 6.63. The first-order valence-corrected chi connectivity index (χ1v) is 13.0. The highest BCUT2D eigenvalue weighted by Crippen LogP contribution is 2.21. The van der Waals surface area contributed by atoms with Crippen LogP contribution in [0.2, 0.25) is 0 Å². The van der Waals surface area contributed by atoms with Gasteiger partial charge in [0.2, 0.25) is 5.88 Å². The Morgan fingerprint density at radius 3 is 2.30 bits per heavy atom. The topological polar surface area (TPSA) is 54.5 Å². The standard InChI is InChI=1S/C32H33N3O2/c1-24-7-5-6-10-29(24)23-35-19-17-30(18-20-35)37-31-16-11-25(21-33-31)22-34-32(36)28-14-12-27(13-15-28)26-8-3-2-4-9-26/h2-16,21,30H,17-20,22-23H2,1H3,(H,34,36). The molecule has 1 amide bonds. The van der Waals surface area contributed by atoms with E-state index >= 15 is 0 Å². The van der Waals surface area contributed by atoms with E-state index in [9.17, 15) is 4.79 Å². The number of amides is 1. The van der Waals surface area contributed by atoms with Gasteiger partial charge in [-0.3, -0.25) is 9.69 Å². The Labute approximate surface area is 219 Å². The second-order valence-corrected chi connectivity index (χ2v) is 9.65. The van der Waals surface area contributed by atoms with Crippen LogP contribution in [0.25, 0.3) is 11.1 Å². The van der Waals surface area contributed by atoms with Crippen molar-refractivity contribution in [3.63, 3.8) is 0 Å². The quantitative estimate of drug-likeness (QED) is 0.327. The largest absolute Gasteiger partial charge is 0.474 e. The molecule has 0 radical (unpaired) electrons. The molecule has 1 aliphatic heterocycles. The normalized spacial score (nSPS) is 14.3. The molecule has 0 aliphatic carbocycles. The summed E-state index contributed by atoms with van der Waals surface area (Å²) < 4.78 is 6.15. The Balaban J connectivity index is 1.06. The average Bonchev–Trinajstić information content (AvgIpc) is 2.95. The minimum absolute atomic E-state index is 0.0996. The second kappa shape index (κ2) is 11.8. The Morgan fingerprint density at radius 1 is 0.892 bits per heavy atom. The molecule has 5 rings (SSSR count). The van der Waals surface area contributed by atoms with Crippen molar-refractivity contribution in [3.05, 3.63) is 119 Å². The fraction of sp³-hybridized carbons (Fsp3) is 0.250. The molecule has 1 saturated heterocycles. The van der Waals surface area contributed by atoms with Gasteiger partial charge in [-0.05, 0) is 59.7 Å². The first kappa shape index (κ1) is 24.7. The van der Waals surface area contributed by atoms with Gasteiger partial charge in [-0.15, -0.1) is 0 Å². The molecular weight excluding hydrogens is 458 g/mol. The van der Waals surface area contributed by atoms with Gasteiger partial charge in [-0.25, -0.2) is 4.98 Å². The first-order valence-electron chi connectivity index (χ1n) is 13.0. The number of aryl methyl sites for hydroxylation is 1. The van der Waals surface area contributed by atoms with Crippen LogP contribution in [0.1, 0.15) is 39.9 Å². The number of benzene rings is 3. The van der Waals surface area contributed by atoms with Gasteiger partial charge in [0.05, 0.1) is 0 Å². The van der Waals surface area contributed by atoms with Crippen LogP contribution in [0.5, 0.6) is 5.88 Å².